The topological polar surface area (TPSA) is 23.8 Å². The molecule has 0 fully saturated rings. The summed E-state index contributed by atoms with van der Waals surface area (Å²) >= 11 is 0. The molecule has 0 aromatic carbocycles. The third-order valence-electron chi connectivity index (χ3n) is 2.18. The first-order valence-corrected chi connectivity index (χ1v) is 4.25. The van der Waals surface area contributed by atoms with Crippen molar-refractivity contribution in [3.63, 3.8) is 0 Å². The number of nitrogens with zero attached hydrogens (tertiary/aromatic N) is 1. The lowest BCUT2D eigenvalue weighted by atomic mass is 10.1. The second kappa shape index (κ2) is 3.24. The predicted molar refractivity (Wildman–Crippen MR) is 55.7 cm³/mol. The molecule has 0 bridgehead atoms. The zero-order valence-electron chi connectivity index (χ0n) is 7.49. The largest absolute Gasteiger partial charge is 0.192 e. The Labute approximate surface area is 83.0 Å². The quantitative estimate of drug-likeness (QED) is 0.567. The van der Waals surface area contributed by atoms with Crippen LogP contribution in [0, 0.1) is 23.7 Å². The second-order valence-corrected chi connectivity index (χ2v) is 2.97. The molecule has 1 heteroatoms. The molecule has 2 aliphatic carbocycles. The number of nitriles is 1. The number of rotatable bonds is 0. The van der Waals surface area contributed by atoms with Gasteiger partial charge >= 0.3 is 0 Å². The Kier molecular flexibility index (Phi) is 1.94. The Morgan fingerprint density at radius 3 is 2.21 bits per heavy atom. The first-order chi connectivity index (χ1) is 6.86. The molecule has 2 rings (SSSR count). The summed E-state index contributed by atoms with van der Waals surface area (Å²) < 4.78 is 0. The van der Waals surface area contributed by atoms with Crippen molar-refractivity contribution in [2.45, 2.75) is 0 Å². The minimum Gasteiger partial charge on any atom is -0.192 e. The molecule has 0 aliphatic heterocycles. The molecule has 0 saturated heterocycles. The number of hydrogen-bond acceptors (Lipinski definition) is 1. The van der Waals surface area contributed by atoms with Crippen LogP contribution in [0.5, 0.6) is 0 Å². The van der Waals surface area contributed by atoms with Crippen LogP contribution in [0.3, 0.4) is 0 Å². The van der Waals surface area contributed by atoms with Crippen molar-refractivity contribution < 1.29 is 0 Å². The second-order valence-electron chi connectivity index (χ2n) is 2.97. The zero-order chi connectivity index (χ0) is 9.97. The van der Waals surface area contributed by atoms with Gasteiger partial charge in [0.15, 0.2) is 0 Å². The van der Waals surface area contributed by atoms with Crippen LogP contribution in [0.15, 0.2) is 36.4 Å². The van der Waals surface area contributed by atoms with E-state index in [-0.39, 0.29) is 0 Å². The Balaban J connectivity index is 2.83. The molecule has 0 spiro atoms. The van der Waals surface area contributed by atoms with Crippen molar-refractivity contribution in [3.05, 3.63) is 47.5 Å². The van der Waals surface area contributed by atoms with Crippen LogP contribution in [0.25, 0.3) is 11.1 Å². The van der Waals surface area contributed by atoms with Crippen LogP contribution < -0.4 is 0 Å². The highest BCUT2D eigenvalue weighted by atomic mass is 14.3. The first-order valence-electron chi connectivity index (χ1n) is 4.25. The normalized spacial score (nSPS) is 9.29. The molecule has 0 N–H and O–H groups in total. The first kappa shape index (κ1) is 8.35. The van der Waals surface area contributed by atoms with Crippen LogP contribution in [-0.4, -0.2) is 0 Å². The minimum atomic E-state index is 0.643. The zero-order valence-corrected chi connectivity index (χ0v) is 7.49. The maximum Gasteiger partial charge on any atom is 0.0998 e. The van der Waals surface area contributed by atoms with Gasteiger partial charge in [-0.15, -0.1) is 6.42 Å². The molecular formula is C13H7N. The fraction of sp³-hybridized carbons (Fsp3) is 0. The molecular weight excluding hydrogens is 170 g/mol. The van der Waals surface area contributed by atoms with E-state index in [0.717, 1.165) is 16.7 Å². The summed E-state index contributed by atoms with van der Waals surface area (Å²) in [5.41, 5.74) is 3.32. The van der Waals surface area contributed by atoms with E-state index in [4.69, 9.17) is 11.7 Å². The molecule has 14 heavy (non-hydrogen) atoms. The van der Waals surface area contributed by atoms with E-state index in [1.165, 1.54) is 0 Å². The average molecular weight is 177 g/mol. The number of terminal acetylenes is 1. The molecule has 0 atom stereocenters. The van der Waals surface area contributed by atoms with Gasteiger partial charge in [-0.1, -0.05) is 36.3 Å². The molecule has 0 amide bonds. The highest BCUT2D eigenvalue weighted by Gasteiger charge is 2.12. The number of hydrogen-bond donors (Lipinski definition) is 0. The molecule has 64 valence electrons. The van der Waals surface area contributed by atoms with E-state index < -0.39 is 0 Å². The summed E-state index contributed by atoms with van der Waals surface area (Å²) in [6, 6.07) is 13.5. The van der Waals surface area contributed by atoms with Gasteiger partial charge in [0, 0.05) is 11.1 Å². The molecule has 0 heterocycles. The van der Waals surface area contributed by atoms with Gasteiger partial charge in [0.25, 0.3) is 0 Å². The van der Waals surface area contributed by atoms with Crippen molar-refractivity contribution in [2.24, 2.45) is 0 Å². The average Bonchev–Trinajstić information content (AvgIpc) is 2.39. The van der Waals surface area contributed by atoms with Gasteiger partial charge < -0.3 is 0 Å². The van der Waals surface area contributed by atoms with E-state index in [2.05, 4.69) is 12.0 Å². The lowest BCUT2D eigenvalue weighted by molar-refractivity contribution is 1.51. The Morgan fingerprint density at radius 1 is 1.00 bits per heavy atom. The number of fused-ring (bicyclic) bond motifs is 1. The smallest absolute Gasteiger partial charge is 0.0998 e. The van der Waals surface area contributed by atoms with E-state index in [1.807, 2.05) is 30.3 Å². The van der Waals surface area contributed by atoms with Crippen LogP contribution >= 0.6 is 0 Å². The third-order valence-corrected chi connectivity index (χ3v) is 2.18. The molecule has 0 aromatic rings. The van der Waals surface area contributed by atoms with Gasteiger partial charge in [-0.3, -0.25) is 0 Å². The Bertz CT molecular complexity index is 480. The van der Waals surface area contributed by atoms with Gasteiger partial charge in [0.1, 0.15) is 0 Å². The molecule has 0 saturated carbocycles. The molecule has 2 aliphatic rings. The van der Waals surface area contributed by atoms with Gasteiger partial charge in [-0.25, -0.2) is 0 Å². The van der Waals surface area contributed by atoms with E-state index in [0.29, 0.717) is 5.56 Å². The summed E-state index contributed by atoms with van der Waals surface area (Å²) in [7, 11) is 0. The fourth-order valence-corrected chi connectivity index (χ4v) is 1.53. The summed E-state index contributed by atoms with van der Waals surface area (Å²) in [5.74, 6) is 2.59. The Hall–Kier alpha value is -2.25. The third kappa shape index (κ3) is 1.13. The minimum absolute atomic E-state index is 0.643. The maximum absolute atomic E-state index is 8.91. The summed E-state index contributed by atoms with van der Waals surface area (Å²) in [6.45, 7) is 0. The molecule has 0 aromatic heterocycles. The van der Waals surface area contributed by atoms with Gasteiger partial charge in [0.2, 0.25) is 0 Å². The van der Waals surface area contributed by atoms with E-state index >= 15 is 0 Å². The van der Waals surface area contributed by atoms with Crippen LogP contribution in [0.2, 0.25) is 0 Å². The Morgan fingerprint density at radius 2 is 1.64 bits per heavy atom. The molecule has 0 radical (unpaired) electrons. The standard InChI is InChI=1S/C13H7N/c1-2-10-8-11(9-14)13-7-5-3-4-6-12(10)13/h1,3-8H. The summed E-state index contributed by atoms with van der Waals surface area (Å²) in [4.78, 5) is 0. The van der Waals surface area contributed by atoms with Crippen molar-refractivity contribution in [3.8, 4) is 29.5 Å². The van der Waals surface area contributed by atoms with E-state index in [1.54, 1.807) is 6.07 Å². The molecule has 0 unspecified atom stereocenters. The lowest BCUT2D eigenvalue weighted by Crippen LogP contribution is -1.72. The monoisotopic (exact) mass is 177 g/mol. The SMILES string of the molecule is C#Cc1cc(C#N)c2cccccc1-2. The summed E-state index contributed by atoms with van der Waals surface area (Å²) in [6.07, 6.45) is 5.37. The van der Waals surface area contributed by atoms with Gasteiger partial charge in [-0.2, -0.15) is 5.26 Å². The van der Waals surface area contributed by atoms with Crippen molar-refractivity contribution in [1.82, 2.24) is 0 Å². The van der Waals surface area contributed by atoms with Gasteiger partial charge in [-0.05, 0) is 11.6 Å². The van der Waals surface area contributed by atoms with E-state index in [9.17, 15) is 0 Å². The predicted octanol–water partition coefficient (Wildman–Crippen LogP) is 2.64. The van der Waals surface area contributed by atoms with Crippen LogP contribution in [-0.2, 0) is 0 Å². The van der Waals surface area contributed by atoms with Crippen molar-refractivity contribution in [1.29, 1.82) is 5.26 Å². The van der Waals surface area contributed by atoms with Crippen LogP contribution in [0.4, 0.5) is 0 Å². The highest BCUT2D eigenvalue weighted by Crippen LogP contribution is 2.30. The van der Waals surface area contributed by atoms with Crippen molar-refractivity contribution >= 4 is 0 Å². The van der Waals surface area contributed by atoms with Crippen molar-refractivity contribution in [2.75, 3.05) is 0 Å². The van der Waals surface area contributed by atoms with Crippen LogP contribution in [0.1, 0.15) is 11.1 Å². The van der Waals surface area contributed by atoms with Gasteiger partial charge in [0.05, 0.1) is 11.6 Å². The highest BCUT2D eigenvalue weighted by molar-refractivity contribution is 5.80. The summed E-state index contributed by atoms with van der Waals surface area (Å²) in [5, 5.41) is 8.91. The maximum atomic E-state index is 8.91. The lowest BCUT2D eigenvalue weighted by Gasteiger charge is -1.92. The fourth-order valence-electron chi connectivity index (χ4n) is 1.53. The molecule has 1 nitrogen and oxygen atoms in total.